The molecule has 0 atom stereocenters. The summed E-state index contributed by atoms with van der Waals surface area (Å²) in [5, 5.41) is 19.5. The van der Waals surface area contributed by atoms with Crippen LogP contribution in [0.15, 0.2) is 46.2 Å². The van der Waals surface area contributed by atoms with Crippen LogP contribution in [-0.4, -0.2) is 22.8 Å². The van der Waals surface area contributed by atoms with E-state index in [1.165, 1.54) is 33.7 Å². The van der Waals surface area contributed by atoms with Gasteiger partial charge in [-0.15, -0.1) is 0 Å². The Bertz CT molecular complexity index is 598. The molecule has 4 nitrogen and oxygen atoms in total. The molecule has 2 aromatic carbocycles. The second-order valence-electron chi connectivity index (χ2n) is 3.86. The Kier molecular flexibility index (Phi) is 4.70. The summed E-state index contributed by atoms with van der Waals surface area (Å²) in [5.74, 6) is 0.0206. The highest BCUT2D eigenvalue weighted by Crippen LogP contribution is 2.44. The van der Waals surface area contributed by atoms with Crippen molar-refractivity contribution in [3.8, 4) is 11.5 Å². The van der Waals surface area contributed by atoms with E-state index >= 15 is 0 Å². The quantitative estimate of drug-likeness (QED) is 0.650. The monoisotopic (exact) mass is 306 g/mol. The predicted octanol–water partition coefficient (Wildman–Crippen LogP) is 3.52. The van der Waals surface area contributed by atoms with Crippen LogP contribution in [0.3, 0.4) is 0 Å². The molecule has 0 spiro atoms. The van der Waals surface area contributed by atoms with Gasteiger partial charge in [0.25, 0.3) is 0 Å². The Labute approximate surface area is 123 Å². The lowest BCUT2D eigenvalue weighted by molar-refractivity contribution is 0.111. The summed E-state index contributed by atoms with van der Waals surface area (Å²) >= 11 is 0. The van der Waals surface area contributed by atoms with Gasteiger partial charge >= 0.3 is 0 Å². The Morgan fingerprint density at radius 3 is 1.45 bits per heavy atom. The number of phenols is 2. The van der Waals surface area contributed by atoms with Crippen molar-refractivity contribution in [1.29, 1.82) is 0 Å². The molecular formula is C14H10O4S2. The Balaban J connectivity index is 2.12. The van der Waals surface area contributed by atoms with Crippen molar-refractivity contribution >= 4 is 34.2 Å². The Hall–Kier alpha value is -1.92. The topological polar surface area (TPSA) is 74.6 Å². The summed E-state index contributed by atoms with van der Waals surface area (Å²) < 4.78 is 0. The summed E-state index contributed by atoms with van der Waals surface area (Å²) in [6, 6.07) is 9.23. The van der Waals surface area contributed by atoms with Crippen LogP contribution in [-0.2, 0) is 0 Å². The molecule has 2 N–H and O–H groups in total. The van der Waals surface area contributed by atoms with E-state index in [-0.39, 0.29) is 11.5 Å². The number of hydrogen-bond donors (Lipinski definition) is 2. The molecule has 0 aliphatic heterocycles. The zero-order valence-electron chi connectivity index (χ0n) is 10.1. The molecule has 0 fully saturated rings. The smallest absolute Gasteiger partial charge is 0.150 e. The van der Waals surface area contributed by atoms with Gasteiger partial charge < -0.3 is 10.2 Å². The normalized spacial score (nSPS) is 10.2. The van der Waals surface area contributed by atoms with E-state index in [0.717, 1.165) is 0 Å². The van der Waals surface area contributed by atoms with Crippen LogP contribution < -0.4 is 0 Å². The third-order valence-corrected chi connectivity index (χ3v) is 4.92. The van der Waals surface area contributed by atoms with Crippen LogP contribution in [0.2, 0.25) is 0 Å². The second-order valence-corrected chi connectivity index (χ2v) is 6.07. The molecule has 20 heavy (non-hydrogen) atoms. The Morgan fingerprint density at radius 2 is 1.15 bits per heavy atom. The molecule has 2 rings (SSSR count). The van der Waals surface area contributed by atoms with Gasteiger partial charge in [-0.05, 0) is 45.9 Å². The maximum absolute atomic E-state index is 10.6. The van der Waals surface area contributed by atoms with Crippen LogP contribution in [0.1, 0.15) is 20.7 Å². The van der Waals surface area contributed by atoms with Crippen LogP contribution in [0.4, 0.5) is 0 Å². The van der Waals surface area contributed by atoms with Gasteiger partial charge in [-0.2, -0.15) is 0 Å². The van der Waals surface area contributed by atoms with Crippen molar-refractivity contribution < 1.29 is 19.8 Å². The summed E-state index contributed by atoms with van der Waals surface area (Å²) in [4.78, 5) is 22.3. The standard InChI is InChI=1S/C14H10O4S2/c15-7-9-1-3-13(11(17)5-9)19-20-14-4-2-10(8-16)6-12(14)18/h1-8,17-18H. The van der Waals surface area contributed by atoms with Crippen molar-refractivity contribution in [2.75, 3.05) is 0 Å². The highest BCUT2D eigenvalue weighted by molar-refractivity contribution is 8.76. The van der Waals surface area contributed by atoms with Gasteiger partial charge in [0.1, 0.15) is 24.1 Å². The molecule has 0 saturated carbocycles. The first-order valence-electron chi connectivity index (χ1n) is 5.55. The van der Waals surface area contributed by atoms with Gasteiger partial charge in [-0.25, -0.2) is 0 Å². The second kappa shape index (κ2) is 6.49. The van der Waals surface area contributed by atoms with Crippen molar-refractivity contribution in [2.24, 2.45) is 0 Å². The fourth-order valence-corrected chi connectivity index (χ4v) is 3.55. The third kappa shape index (κ3) is 3.34. The van der Waals surface area contributed by atoms with Crippen LogP contribution in [0.25, 0.3) is 0 Å². The van der Waals surface area contributed by atoms with E-state index in [9.17, 15) is 19.8 Å². The third-order valence-electron chi connectivity index (χ3n) is 2.46. The highest BCUT2D eigenvalue weighted by Gasteiger charge is 2.08. The lowest BCUT2D eigenvalue weighted by Crippen LogP contribution is -1.81. The largest absolute Gasteiger partial charge is 0.507 e. The zero-order chi connectivity index (χ0) is 14.5. The van der Waals surface area contributed by atoms with Gasteiger partial charge in [0.15, 0.2) is 0 Å². The number of aldehydes is 2. The maximum atomic E-state index is 10.6. The molecular weight excluding hydrogens is 296 g/mol. The summed E-state index contributed by atoms with van der Waals surface area (Å²) in [6.07, 6.45) is 1.32. The fraction of sp³-hybridized carbons (Fsp3) is 0. The van der Waals surface area contributed by atoms with Gasteiger partial charge in [-0.3, -0.25) is 9.59 Å². The minimum Gasteiger partial charge on any atom is -0.507 e. The minimum absolute atomic E-state index is 0.0103. The summed E-state index contributed by atoms with van der Waals surface area (Å²) in [5.41, 5.74) is 0.796. The first kappa shape index (κ1) is 14.5. The highest BCUT2D eigenvalue weighted by atomic mass is 33.1. The number of hydrogen-bond acceptors (Lipinski definition) is 6. The van der Waals surface area contributed by atoms with Crippen molar-refractivity contribution in [2.45, 2.75) is 9.79 Å². The Morgan fingerprint density at radius 1 is 0.750 bits per heavy atom. The van der Waals surface area contributed by atoms with Gasteiger partial charge in [0.2, 0.25) is 0 Å². The zero-order valence-corrected chi connectivity index (χ0v) is 11.8. The molecule has 0 unspecified atom stereocenters. The minimum atomic E-state index is 0.0103. The molecule has 0 aliphatic carbocycles. The molecule has 0 aliphatic rings. The molecule has 102 valence electrons. The number of aromatic hydroxyl groups is 2. The maximum Gasteiger partial charge on any atom is 0.150 e. The van der Waals surface area contributed by atoms with Gasteiger partial charge in [0, 0.05) is 11.1 Å². The van der Waals surface area contributed by atoms with E-state index in [0.29, 0.717) is 33.5 Å². The number of carbonyl (C=O) groups is 2. The van der Waals surface area contributed by atoms with E-state index < -0.39 is 0 Å². The lowest BCUT2D eigenvalue weighted by atomic mass is 10.2. The van der Waals surface area contributed by atoms with Gasteiger partial charge in [-0.1, -0.05) is 12.1 Å². The van der Waals surface area contributed by atoms with Crippen LogP contribution in [0, 0.1) is 0 Å². The summed E-state index contributed by atoms with van der Waals surface area (Å²) in [7, 11) is 2.50. The molecule has 0 bridgehead atoms. The SMILES string of the molecule is O=Cc1ccc(SSc2ccc(C=O)cc2O)c(O)c1. The molecule has 0 aromatic heterocycles. The molecule has 0 radical (unpaired) electrons. The molecule has 2 aromatic rings. The van der Waals surface area contributed by atoms with Crippen molar-refractivity contribution in [3.63, 3.8) is 0 Å². The lowest BCUT2D eigenvalue weighted by Gasteiger charge is -2.06. The van der Waals surface area contributed by atoms with E-state index in [1.807, 2.05) is 0 Å². The van der Waals surface area contributed by atoms with E-state index in [1.54, 1.807) is 24.3 Å². The molecule has 6 heteroatoms. The molecule has 0 saturated heterocycles. The average molecular weight is 306 g/mol. The molecule has 0 amide bonds. The number of rotatable bonds is 5. The average Bonchev–Trinajstić information content (AvgIpc) is 2.46. The van der Waals surface area contributed by atoms with E-state index in [4.69, 9.17) is 0 Å². The van der Waals surface area contributed by atoms with E-state index in [2.05, 4.69) is 0 Å². The van der Waals surface area contributed by atoms with Crippen molar-refractivity contribution in [1.82, 2.24) is 0 Å². The van der Waals surface area contributed by atoms with Crippen LogP contribution >= 0.6 is 21.6 Å². The fourth-order valence-electron chi connectivity index (χ4n) is 1.45. The first-order valence-corrected chi connectivity index (χ1v) is 7.70. The van der Waals surface area contributed by atoms with Crippen molar-refractivity contribution in [3.05, 3.63) is 47.5 Å². The number of phenolic OH excluding ortho intramolecular Hbond substituents is 2. The summed E-state index contributed by atoms with van der Waals surface area (Å²) in [6.45, 7) is 0. The molecule has 0 heterocycles. The first-order chi connectivity index (χ1) is 9.63. The van der Waals surface area contributed by atoms with Crippen LogP contribution in [0.5, 0.6) is 11.5 Å². The number of benzene rings is 2. The van der Waals surface area contributed by atoms with Gasteiger partial charge in [0.05, 0.1) is 9.79 Å². The predicted molar refractivity (Wildman–Crippen MR) is 78.7 cm³/mol. The number of carbonyl (C=O) groups excluding carboxylic acids is 2.